The maximum absolute atomic E-state index is 6.01. The Morgan fingerprint density at radius 1 is 1.44 bits per heavy atom. The lowest BCUT2D eigenvalue weighted by atomic mass is 9.86. The molecule has 3 N–H and O–H groups in total. The molecule has 1 unspecified atom stereocenters. The monoisotopic (exact) mass is 334 g/mol. The van der Waals surface area contributed by atoms with Crippen molar-refractivity contribution in [2.75, 3.05) is 6.61 Å². The van der Waals surface area contributed by atoms with Gasteiger partial charge in [-0.2, -0.15) is 0 Å². The van der Waals surface area contributed by atoms with Crippen molar-refractivity contribution in [3.63, 3.8) is 0 Å². The molecule has 3 nitrogen and oxygen atoms in total. The third-order valence-corrected chi connectivity index (χ3v) is 5.21. The van der Waals surface area contributed by atoms with E-state index in [9.17, 15) is 0 Å². The molecule has 0 aliphatic carbocycles. The van der Waals surface area contributed by atoms with Gasteiger partial charge in [-0.15, -0.1) is 11.3 Å². The van der Waals surface area contributed by atoms with Crippen LogP contribution in [0.1, 0.15) is 38.5 Å². The minimum atomic E-state index is -0.181. The minimum Gasteiger partial charge on any atom is -0.374 e. The van der Waals surface area contributed by atoms with Crippen LogP contribution in [0.4, 0.5) is 0 Å². The first-order valence-electron chi connectivity index (χ1n) is 6.44. The fraction of sp³-hybridized carbons (Fsp3) is 0.692. The van der Waals surface area contributed by atoms with Crippen molar-refractivity contribution >= 4 is 27.3 Å². The van der Waals surface area contributed by atoms with Crippen LogP contribution in [-0.2, 0) is 11.2 Å². The average Bonchev–Trinajstić information content (AvgIpc) is 2.79. The third kappa shape index (κ3) is 3.78. The Hall–Kier alpha value is 0.0600. The number of nitrogens with two attached hydrogens (primary N) is 1. The SMILES string of the molecule is CCOC(CC)(CC)C(Cc1cc(Br)cs1)NN. The van der Waals surface area contributed by atoms with Gasteiger partial charge in [-0.1, -0.05) is 13.8 Å². The lowest BCUT2D eigenvalue weighted by Crippen LogP contribution is -2.55. The van der Waals surface area contributed by atoms with Crippen molar-refractivity contribution < 1.29 is 4.74 Å². The molecule has 0 spiro atoms. The van der Waals surface area contributed by atoms with Gasteiger partial charge >= 0.3 is 0 Å². The maximum Gasteiger partial charge on any atom is 0.0846 e. The van der Waals surface area contributed by atoms with Crippen molar-refractivity contribution in [2.45, 2.75) is 51.7 Å². The molecular weight excluding hydrogens is 312 g/mol. The topological polar surface area (TPSA) is 47.3 Å². The molecule has 1 aromatic rings. The van der Waals surface area contributed by atoms with Crippen molar-refractivity contribution in [3.05, 3.63) is 20.8 Å². The molecule has 1 atom stereocenters. The predicted molar refractivity (Wildman–Crippen MR) is 81.8 cm³/mol. The van der Waals surface area contributed by atoms with Crippen LogP contribution in [-0.4, -0.2) is 18.2 Å². The van der Waals surface area contributed by atoms with Gasteiger partial charge in [-0.3, -0.25) is 11.3 Å². The summed E-state index contributed by atoms with van der Waals surface area (Å²) in [5.41, 5.74) is 2.77. The second-order valence-electron chi connectivity index (χ2n) is 4.36. The number of thiophene rings is 1. The summed E-state index contributed by atoms with van der Waals surface area (Å²) in [6.07, 6.45) is 2.81. The van der Waals surface area contributed by atoms with E-state index in [1.165, 1.54) is 4.88 Å². The molecule has 0 fully saturated rings. The first kappa shape index (κ1) is 16.1. The van der Waals surface area contributed by atoms with Gasteiger partial charge < -0.3 is 4.74 Å². The van der Waals surface area contributed by atoms with Crippen LogP contribution in [0.2, 0.25) is 0 Å². The van der Waals surface area contributed by atoms with Gasteiger partial charge in [0.05, 0.1) is 11.6 Å². The number of hydrogen-bond donors (Lipinski definition) is 2. The standard InChI is InChI=1S/C13H23BrN2OS/c1-4-13(5-2,17-6-3)12(16-15)8-11-7-10(14)9-18-11/h7,9,12,16H,4-6,8,15H2,1-3H3. The van der Waals surface area contributed by atoms with E-state index >= 15 is 0 Å². The summed E-state index contributed by atoms with van der Waals surface area (Å²) in [4.78, 5) is 1.32. The molecule has 0 aliphatic rings. The minimum absolute atomic E-state index is 0.137. The predicted octanol–water partition coefficient (Wildman–Crippen LogP) is 3.48. The lowest BCUT2D eigenvalue weighted by molar-refractivity contribution is -0.0718. The highest BCUT2D eigenvalue weighted by Crippen LogP contribution is 2.29. The highest BCUT2D eigenvalue weighted by atomic mass is 79.9. The summed E-state index contributed by atoms with van der Waals surface area (Å²) < 4.78 is 7.14. The first-order chi connectivity index (χ1) is 8.61. The molecule has 1 rings (SSSR count). The van der Waals surface area contributed by atoms with Crippen LogP contribution < -0.4 is 11.3 Å². The van der Waals surface area contributed by atoms with Crippen LogP contribution in [0.5, 0.6) is 0 Å². The number of halogens is 1. The van der Waals surface area contributed by atoms with Crippen LogP contribution in [0, 0.1) is 0 Å². The van der Waals surface area contributed by atoms with Gasteiger partial charge in [0.25, 0.3) is 0 Å². The van der Waals surface area contributed by atoms with Crippen LogP contribution in [0.3, 0.4) is 0 Å². The van der Waals surface area contributed by atoms with Gasteiger partial charge in [-0.05, 0) is 41.8 Å². The Labute approximate surface area is 122 Å². The van der Waals surface area contributed by atoms with E-state index in [0.717, 1.165) is 23.7 Å². The van der Waals surface area contributed by atoms with E-state index in [1.807, 2.05) is 6.92 Å². The van der Waals surface area contributed by atoms with Gasteiger partial charge in [0.2, 0.25) is 0 Å². The van der Waals surface area contributed by atoms with Gasteiger partial charge in [0.15, 0.2) is 0 Å². The van der Waals surface area contributed by atoms with Crippen molar-refractivity contribution in [2.24, 2.45) is 5.84 Å². The molecule has 5 heteroatoms. The number of hydrazine groups is 1. The van der Waals surface area contributed by atoms with Crippen molar-refractivity contribution in [3.8, 4) is 0 Å². The summed E-state index contributed by atoms with van der Waals surface area (Å²) in [6.45, 7) is 7.07. The first-order valence-corrected chi connectivity index (χ1v) is 8.12. The number of ether oxygens (including phenoxy) is 1. The molecule has 1 aromatic heterocycles. The van der Waals surface area contributed by atoms with E-state index in [-0.39, 0.29) is 11.6 Å². The molecule has 1 heterocycles. The molecule has 0 amide bonds. The molecule has 18 heavy (non-hydrogen) atoms. The summed E-state index contributed by atoms with van der Waals surface area (Å²) in [6, 6.07) is 2.29. The Balaban J connectivity index is 2.84. The number of hydrogen-bond acceptors (Lipinski definition) is 4. The molecule has 0 aliphatic heterocycles. The molecule has 104 valence electrons. The third-order valence-electron chi connectivity index (χ3n) is 3.49. The normalized spacial score (nSPS) is 13.8. The zero-order chi connectivity index (χ0) is 13.6. The Bertz CT molecular complexity index is 353. The van der Waals surface area contributed by atoms with Gasteiger partial charge in [0, 0.05) is 27.8 Å². The van der Waals surface area contributed by atoms with E-state index in [1.54, 1.807) is 11.3 Å². The van der Waals surface area contributed by atoms with E-state index in [2.05, 4.69) is 46.6 Å². The number of rotatable bonds is 8. The highest BCUT2D eigenvalue weighted by Gasteiger charge is 2.36. The fourth-order valence-corrected chi connectivity index (χ4v) is 3.89. The molecular formula is C13H23BrN2OS. The largest absolute Gasteiger partial charge is 0.374 e. The Kier molecular flexibility index (Phi) is 6.81. The second kappa shape index (κ2) is 7.60. The number of nitrogens with one attached hydrogen (secondary N) is 1. The Morgan fingerprint density at radius 2 is 2.11 bits per heavy atom. The smallest absolute Gasteiger partial charge is 0.0846 e. The molecule has 0 bridgehead atoms. The van der Waals surface area contributed by atoms with Gasteiger partial charge in [0.1, 0.15) is 0 Å². The molecule has 0 saturated heterocycles. The zero-order valence-electron chi connectivity index (χ0n) is 11.3. The average molecular weight is 335 g/mol. The Morgan fingerprint density at radius 3 is 2.50 bits per heavy atom. The quantitative estimate of drug-likeness (QED) is 0.565. The van der Waals surface area contributed by atoms with E-state index in [0.29, 0.717) is 6.61 Å². The van der Waals surface area contributed by atoms with Gasteiger partial charge in [-0.25, -0.2) is 0 Å². The van der Waals surface area contributed by atoms with Crippen LogP contribution >= 0.6 is 27.3 Å². The summed E-state index contributed by atoms with van der Waals surface area (Å²) in [7, 11) is 0. The summed E-state index contributed by atoms with van der Waals surface area (Å²) in [5.74, 6) is 5.76. The molecule has 0 radical (unpaired) electrons. The molecule has 0 saturated carbocycles. The summed E-state index contributed by atoms with van der Waals surface area (Å²) >= 11 is 5.24. The second-order valence-corrected chi connectivity index (χ2v) is 6.27. The maximum atomic E-state index is 6.01. The van der Waals surface area contributed by atoms with Crippen LogP contribution in [0.25, 0.3) is 0 Å². The van der Waals surface area contributed by atoms with Crippen molar-refractivity contribution in [1.29, 1.82) is 0 Å². The van der Waals surface area contributed by atoms with Crippen LogP contribution in [0.15, 0.2) is 15.9 Å². The van der Waals surface area contributed by atoms with E-state index < -0.39 is 0 Å². The van der Waals surface area contributed by atoms with Crippen molar-refractivity contribution in [1.82, 2.24) is 5.43 Å². The van der Waals surface area contributed by atoms with E-state index in [4.69, 9.17) is 10.6 Å². The lowest BCUT2D eigenvalue weighted by Gasteiger charge is -2.39. The zero-order valence-corrected chi connectivity index (χ0v) is 13.7. The summed E-state index contributed by atoms with van der Waals surface area (Å²) in [5, 5.41) is 2.10. The fourth-order valence-electron chi connectivity index (χ4n) is 2.39. The molecule has 0 aromatic carbocycles. The highest BCUT2D eigenvalue weighted by molar-refractivity contribution is 9.10.